The minimum atomic E-state index is 0.693. The number of benzene rings is 3. The quantitative estimate of drug-likeness (QED) is 0.265. The summed E-state index contributed by atoms with van der Waals surface area (Å²) in [6, 6.07) is 35.1. The number of para-hydroxylation sites is 2. The third-order valence-corrected chi connectivity index (χ3v) is 7.06. The molecule has 0 unspecified atom stereocenters. The van der Waals surface area contributed by atoms with Gasteiger partial charge in [0.15, 0.2) is 5.82 Å². The lowest BCUT2D eigenvalue weighted by Gasteiger charge is -2.09. The van der Waals surface area contributed by atoms with Gasteiger partial charge in [-0.15, -0.1) is 0 Å². The van der Waals surface area contributed by atoms with Gasteiger partial charge in [0.25, 0.3) is 0 Å². The summed E-state index contributed by atoms with van der Waals surface area (Å²) in [6.45, 7) is 0. The Labute approximate surface area is 217 Å². The molecule has 0 radical (unpaired) electrons. The Bertz CT molecular complexity index is 2110. The first-order chi connectivity index (χ1) is 18.9. The molecule has 5 aromatic heterocycles. The Kier molecular flexibility index (Phi) is 4.42. The standard InChI is InChI=1S/C32H20N6/c1-3-10-21(11-4-1)32-34-19-23(20-35-32)38-26-16-9-17-33-30(26)31-28(38)18-27-29(36-31)24-14-7-8-15-25(24)37(27)22-12-5-2-6-13-22/h1-20H. The van der Waals surface area contributed by atoms with Crippen molar-refractivity contribution in [2.24, 2.45) is 0 Å². The fourth-order valence-electron chi connectivity index (χ4n) is 5.40. The molecule has 6 nitrogen and oxygen atoms in total. The van der Waals surface area contributed by atoms with Crippen LogP contribution in [0.15, 0.2) is 122 Å². The Morgan fingerprint density at radius 3 is 1.95 bits per heavy atom. The molecule has 5 heterocycles. The van der Waals surface area contributed by atoms with Crippen LogP contribution < -0.4 is 0 Å². The van der Waals surface area contributed by atoms with Gasteiger partial charge in [0.05, 0.1) is 45.7 Å². The zero-order valence-electron chi connectivity index (χ0n) is 20.2. The van der Waals surface area contributed by atoms with E-state index in [-0.39, 0.29) is 0 Å². The highest BCUT2D eigenvalue weighted by molar-refractivity contribution is 6.14. The smallest absolute Gasteiger partial charge is 0.159 e. The maximum atomic E-state index is 5.25. The highest BCUT2D eigenvalue weighted by atomic mass is 15.1. The van der Waals surface area contributed by atoms with Crippen molar-refractivity contribution in [3.8, 4) is 22.8 Å². The van der Waals surface area contributed by atoms with E-state index in [1.54, 1.807) is 0 Å². The van der Waals surface area contributed by atoms with Crippen LogP contribution in [0.4, 0.5) is 0 Å². The monoisotopic (exact) mass is 488 g/mol. The second-order valence-electron chi connectivity index (χ2n) is 9.25. The number of fused-ring (bicyclic) bond motifs is 6. The molecule has 0 N–H and O–H groups in total. The normalized spacial score (nSPS) is 11.7. The molecule has 0 saturated carbocycles. The topological polar surface area (TPSA) is 61.4 Å². The summed E-state index contributed by atoms with van der Waals surface area (Å²) < 4.78 is 4.44. The van der Waals surface area contributed by atoms with Gasteiger partial charge >= 0.3 is 0 Å². The highest BCUT2D eigenvalue weighted by Gasteiger charge is 2.20. The third kappa shape index (κ3) is 3.01. The van der Waals surface area contributed by atoms with Crippen LogP contribution in [0, 0.1) is 0 Å². The Hall–Kier alpha value is -5.36. The Balaban J connectivity index is 1.45. The molecule has 0 fully saturated rings. The number of aromatic nitrogens is 6. The van der Waals surface area contributed by atoms with E-state index in [9.17, 15) is 0 Å². The minimum absolute atomic E-state index is 0.693. The molecule has 0 atom stereocenters. The van der Waals surface area contributed by atoms with Gasteiger partial charge in [-0.2, -0.15) is 0 Å². The average Bonchev–Trinajstić information content (AvgIpc) is 3.49. The van der Waals surface area contributed by atoms with Gasteiger partial charge in [-0.3, -0.25) is 4.98 Å². The van der Waals surface area contributed by atoms with Gasteiger partial charge < -0.3 is 9.13 Å². The minimum Gasteiger partial charge on any atom is -0.308 e. The lowest BCUT2D eigenvalue weighted by atomic mass is 10.2. The fraction of sp³-hybridized carbons (Fsp3) is 0. The van der Waals surface area contributed by atoms with Crippen LogP contribution in [0.3, 0.4) is 0 Å². The van der Waals surface area contributed by atoms with Crippen molar-refractivity contribution < 1.29 is 0 Å². The molecule has 3 aromatic carbocycles. The SMILES string of the molecule is c1ccc(-c2ncc(-n3c4cccnc4c4nc5c6ccccc6n(-c6ccccc6)c5cc43)cn2)cc1. The molecule has 0 bridgehead atoms. The number of hydrogen-bond acceptors (Lipinski definition) is 4. The second kappa shape index (κ2) is 8.08. The number of pyridine rings is 2. The summed E-state index contributed by atoms with van der Waals surface area (Å²) in [5.41, 5.74) is 9.69. The predicted octanol–water partition coefficient (Wildman–Crippen LogP) is 7.13. The lowest BCUT2D eigenvalue weighted by Crippen LogP contribution is -1.99. The summed E-state index contributed by atoms with van der Waals surface area (Å²) in [4.78, 5) is 19.4. The van der Waals surface area contributed by atoms with Crippen LogP contribution in [-0.4, -0.2) is 29.1 Å². The van der Waals surface area contributed by atoms with Gasteiger partial charge in [-0.05, 0) is 36.4 Å². The molecule has 0 amide bonds. The maximum absolute atomic E-state index is 5.25. The van der Waals surface area contributed by atoms with Crippen LogP contribution in [0.2, 0.25) is 0 Å². The van der Waals surface area contributed by atoms with Gasteiger partial charge in [-0.1, -0.05) is 66.7 Å². The largest absolute Gasteiger partial charge is 0.308 e. The first-order valence-electron chi connectivity index (χ1n) is 12.5. The van der Waals surface area contributed by atoms with E-state index in [0.29, 0.717) is 5.82 Å². The number of nitrogens with zero attached hydrogens (tertiary/aromatic N) is 6. The van der Waals surface area contributed by atoms with E-state index in [1.165, 1.54) is 0 Å². The van der Waals surface area contributed by atoms with E-state index >= 15 is 0 Å². The van der Waals surface area contributed by atoms with Gasteiger partial charge in [-0.25, -0.2) is 15.0 Å². The predicted molar refractivity (Wildman–Crippen MR) is 152 cm³/mol. The molecule has 38 heavy (non-hydrogen) atoms. The van der Waals surface area contributed by atoms with Crippen molar-refractivity contribution >= 4 is 44.0 Å². The zero-order valence-corrected chi connectivity index (χ0v) is 20.2. The van der Waals surface area contributed by atoms with E-state index in [0.717, 1.165) is 60.9 Å². The Morgan fingerprint density at radius 1 is 0.474 bits per heavy atom. The number of rotatable bonds is 3. The highest BCUT2D eigenvalue weighted by Crippen LogP contribution is 2.36. The molecule has 8 aromatic rings. The lowest BCUT2D eigenvalue weighted by molar-refractivity contribution is 1.08. The molecular formula is C32H20N6. The van der Waals surface area contributed by atoms with Gasteiger partial charge in [0.1, 0.15) is 11.0 Å². The van der Waals surface area contributed by atoms with Gasteiger partial charge in [0.2, 0.25) is 0 Å². The van der Waals surface area contributed by atoms with Gasteiger partial charge in [0, 0.05) is 22.8 Å². The van der Waals surface area contributed by atoms with Crippen molar-refractivity contribution in [2.75, 3.05) is 0 Å². The molecule has 6 heteroatoms. The molecule has 0 spiro atoms. The summed E-state index contributed by atoms with van der Waals surface area (Å²) in [5, 5.41) is 1.11. The summed E-state index contributed by atoms with van der Waals surface area (Å²) in [6.07, 6.45) is 5.57. The zero-order chi connectivity index (χ0) is 25.1. The average molecular weight is 489 g/mol. The second-order valence-corrected chi connectivity index (χ2v) is 9.25. The van der Waals surface area contributed by atoms with E-state index in [1.807, 2.05) is 61.1 Å². The van der Waals surface area contributed by atoms with Crippen molar-refractivity contribution in [3.63, 3.8) is 0 Å². The molecule has 8 rings (SSSR count). The maximum Gasteiger partial charge on any atom is 0.159 e. The fourth-order valence-corrected chi connectivity index (χ4v) is 5.40. The van der Waals surface area contributed by atoms with E-state index < -0.39 is 0 Å². The molecule has 0 aliphatic carbocycles. The Morgan fingerprint density at radius 2 is 1.13 bits per heavy atom. The molecule has 0 aliphatic heterocycles. The van der Waals surface area contributed by atoms with Crippen LogP contribution in [0.1, 0.15) is 0 Å². The molecule has 0 aliphatic rings. The van der Waals surface area contributed by atoms with Crippen molar-refractivity contribution in [2.45, 2.75) is 0 Å². The summed E-state index contributed by atoms with van der Waals surface area (Å²) in [7, 11) is 0. The summed E-state index contributed by atoms with van der Waals surface area (Å²) >= 11 is 0. The molecule has 178 valence electrons. The van der Waals surface area contributed by atoms with Crippen molar-refractivity contribution in [3.05, 3.63) is 122 Å². The molecule has 0 saturated heterocycles. The van der Waals surface area contributed by atoms with Crippen LogP contribution in [0.5, 0.6) is 0 Å². The molecular weight excluding hydrogens is 468 g/mol. The van der Waals surface area contributed by atoms with Crippen LogP contribution in [-0.2, 0) is 0 Å². The van der Waals surface area contributed by atoms with E-state index in [2.05, 4.69) is 69.8 Å². The summed E-state index contributed by atoms with van der Waals surface area (Å²) in [5.74, 6) is 0.693. The first-order valence-corrected chi connectivity index (χ1v) is 12.5. The first kappa shape index (κ1) is 20.8. The van der Waals surface area contributed by atoms with Crippen molar-refractivity contribution in [1.29, 1.82) is 0 Å². The third-order valence-electron chi connectivity index (χ3n) is 7.06. The van der Waals surface area contributed by atoms with Crippen LogP contribution in [0.25, 0.3) is 66.8 Å². The van der Waals surface area contributed by atoms with Crippen molar-refractivity contribution in [1.82, 2.24) is 29.1 Å². The number of hydrogen-bond donors (Lipinski definition) is 0. The van der Waals surface area contributed by atoms with E-state index in [4.69, 9.17) is 19.9 Å². The van der Waals surface area contributed by atoms with Crippen LogP contribution >= 0.6 is 0 Å².